The molecule has 0 aromatic heterocycles. The molecule has 0 saturated carbocycles. The van der Waals surface area contributed by atoms with Crippen molar-refractivity contribution in [3.8, 4) is 5.75 Å². The summed E-state index contributed by atoms with van der Waals surface area (Å²) in [5.74, 6) is -2.00. The van der Waals surface area contributed by atoms with Gasteiger partial charge in [-0.25, -0.2) is 0 Å². The molecule has 6 nitrogen and oxygen atoms in total. The highest BCUT2D eigenvalue weighted by atomic mass is 16.5. The molecule has 2 aromatic carbocycles. The molecule has 0 heterocycles. The Labute approximate surface area is 126 Å². The Morgan fingerprint density at radius 2 is 1.64 bits per heavy atom. The number of anilines is 1. The standard InChI is InChI=1S/C16H13NO5/c1-10(18)22-12-8-6-11(7-9-12)15(19)17-14-5-3-2-4-13(14)16(20)21/h2-9H,1H3,(H,17,19)(H,20,21)/p-1. The van der Waals surface area contributed by atoms with Crippen molar-refractivity contribution in [1.29, 1.82) is 0 Å². The molecule has 0 radical (unpaired) electrons. The number of carboxylic acids is 1. The average molecular weight is 298 g/mol. The summed E-state index contributed by atoms with van der Waals surface area (Å²) in [5.41, 5.74) is 0.341. The molecule has 0 unspecified atom stereocenters. The lowest BCUT2D eigenvalue weighted by Crippen LogP contribution is -2.24. The third-order valence-corrected chi connectivity index (χ3v) is 2.77. The molecule has 0 aliphatic rings. The van der Waals surface area contributed by atoms with Crippen molar-refractivity contribution >= 4 is 23.5 Å². The molecule has 0 bridgehead atoms. The van der Waals surface area contributed by atoms with Crippen LogP contribution in [-0.4, -0.2) is 17.8 Å². The van der Waals surface area contributed by atoms with Gasteiger partial charge >= 0.3 is 5.97 Å². The first kappa shape index (κ1) is 15.2. The van der Waals surface area contributed by atoms with Crippen LogP contribution >= 0.6 is 0 Å². The van der Waals surface area contributed by atoms with Gasteiger partial charge in [0.2, 0.25) is 0 Å². The second-order valence-electron chi connectivity index (χ2n) is 4.41. The van der Waals surface area contributed by atoms with Gasteiger partial charge in [0.25, 0.3) is 5.91 Å². The zero-order valence-corrected chi connectivity index (χ0v) is 11.7. The third-order valence-electron chi connectivity index (χ3n) is 2.77. The average Bonchev–Trinajstić information content (AvgIpc) is 2.47. The highest BCUT2D eigenvalue weighted by molar-refractivity contribution is 6.07. The van der Waals surface area contributed by atoms with E-state index in [0.717, 1.165) is 0 Å². The van der Waals surface area contributed by atoms with E-state index in [4.69, 9.17) is 4.74 Å². The fourth-order valence-corrected chi connectivity index (χ4v) is 1.80. The molecule has 0 atom stereocenters. The lowest BCUT2D eigenvalue weighted by Gasteiger charge is -2.11. The van der Waals surface area contributed by atoms with Crippen molar-refractivity contribution in [1.82, 2.24) is 0 Å². The van der Waals surface area contributed by atoms with Crippen LogP contribution in [0.3, 0.4) is 0 Å². The smallest absolute Gasteiger partial charge is 0.308 e. The van der Waals surface area contributed by atoms with Crippen molar-refractivity contribution in [2.24, 2.45) is 0 Å². The van der Waals surface area contributed by atoms with E-state index in [1.165, 1.54) is 49.4 Å². The van der Waals surface area contributed by atoms with E-state index >= 15 is 0 Å². The summed E-state index contributed by atoms with van der Waals surface area (Å²) in [7, 11) is 0. The van der Waals surface area contributed by atoms with Crippen molar-refractivity contribution in [3.05, 3.63) is 59.7 Å². The highest BCUT2D eigenvalue weighted by Gasteiger charge is 2.10. The molecular formula is C16H12NO5-. The van der Waals surface area contributed by atoms with Crippen molar-refractivity contribution in [2.45, 2.75) is 6.92 Å². The largest absolute Gasteiger partial charge is 0.545 e. The molecule has 0 aliphatic heterocycles. The molecule has 0 aliphatic carbocycles. The van der Waals surface area contributed by atoms with E-state index < -0.39 is 17.8 Å². The summed E-state index contributed by atoms with van der Waals surface area (Å²) in [5, 5.41) is 13.5. The number of benzene rings is 2. The number of rotatable bonds is 4. The van der Waals surface area contributed by atoms with E-state index in [2.05, 4.69) is 5.32 Å². The molecule has 2 rings (SSSR count). The van der Waals surface area contributed by atoms with Gasteiger partial charge in [-0.2, -0.15) is 0 Å². The number of hydrogen-bond acceptors (Lipinski definition) is 5. The van der Waals surface area contributed by atoms with Gasteiger partial charge in [0.05, 0.1) is 11.7 Å². The van der Waals surface area contributed by atoms with E-state index in [1.54, 1.807) is 6.07 Å². The summed E-state index contributed by atoms with van der Waals surface area (Å²) in [6.45, 7) is 1.28. The van der Waals surface area contributed by atoms with Gasteiger partial charge in [0.15, 0.2) is 0 Å². The fourth-order valence-electron chi connectivity index (χ4n) is 1.80. The number of carboxylic acid groups (broad SMARTS) is 1. The zero-order chi connectivity index (χ0) is 16.1. The van der Waals surface area contributed by atoms with Crippen LogP contribution in [0.15, 0.2) is 48.5 Å². The van der Waals surface area contributed by atoms with Crippen molar-refractivity contribution in [3.63, 3.8) is 0 Å². The lowest BCUT2D eigenvalue weighted by molar-refractivity contribution is -0.254. The lowest BCUT2D eigenvalue weighted by atomic mass is 10.1. The van der Waals surface area contributed by atoms with Gasteiger partial charge in [-0.15, -0.1) is 0 Å². The van der Waals surface area contributed by atoms with Gasteiger partial charge in [-0.1, -0.05) is 18.2 Å². The second-order valence-corrected chi connectivity index (χ2v) is 4.41. The maximum atomic E-state index is 12.1. The number of nitrogens with one attached hydrogen (secondary N) is 1. The van der Waals surface area contributed by atoms with Crippen LogP contribution in [-0.2, 0) is 4.79 Å². The van der Waals surface area contributed by atoms with E-state index in [0.29, 0.717) is 11.3 Å². The highest BCUT2D eigenvalue weighted by Crippen LogP contribution is 2.17. The van der Waals surface area contributed by atoms with Crippen molar-refractivity contribution < 1.29 is 24.2 Å². The molecule has 112 valence electrons. The van der Waals surface area contributed by atoms with Crippen LogP contribution in [0.1, 0.15) is 27.6 Å². The Hall–Kier alpha value is -3.15. The van der Waals surface area contributed by atoms with Crippen LogP contribution in [0, 0.1) is 0 Å². The predicted octanol–water partition coefficient (Wildman–Crippen LogP) is 1.23. The predicted molar refractivity (Wildman–Crippen MR) is 76.5 cm³/mol. The normalized spacial score (nSPS) is 9.86. The minimum atomic E-state index is -1.37. The first-order chi connectivity index (χ1) is 10.5. The van der Waals surface area contributed by atoms with Crippen LogP contribution in [0.5, 0.6) is 5.75 Å². The topological polar surface area (TPSA) is 95.5 Å². The van der Waals surface area contributed by atoms with E-state index in [1.807, 2.05) is 0 Å². The SMILES string of the molecule is CC(=O)Oc1ccc(C(=O)Nc2ccccc2C(=O)[O-])cc1. The molecule has 22 heavy (non-hydrogen) atoms. The number of amides is 1. The Kier molecular flexibility index (Phi) is 4.53. The quantitative estimate of drug-likeness (QED) is 0.676. The summed E-state index contributed by atoms with van der Waals surface area (Å²) in [6.07, 6.45) is 0. The van der Waals surface area contributed by atoms with E-state index in [-0.39, 0.29) is 11.3 Å². The molecule has 0 fully saturated rings. The summed E-state index contributed by atoms with van der Waals surface area (Å²) < 4.78 is 4.86. The van der Waals surface area contributed by atoms with Crippen molar-refractivity contribution in [2.75, 3.05) is 5.32 Å². The molecule has 6 heteroatoms. The van der Waals surface area contributed by atoms with Gasteiger partial charge in [0, 0.05) is 18.1 Å². The number of ether oxygens (including phenoxy) is 1. The van der Waals surface area contributed by atoms with E-state index in [9.17, 15) is 19.5 Å². The maximum Gasteiger partial charge on any atom is 0.308 e. The first-order valence-corrected chi connectivity index (χ1v) is 6.37. The second kappa shape index (κ2) is 6.53. The number of hydrogen-bond donors (Lipinski definition) is 1. The molecule has 0 spiro atoms. The number of esters is 1. The minimum absolute atomic E-state index is 0.104. The van der Waals surface area contributed by atoms with Gasteiger partial charge in [-0.05, 0) is 30.3 Å². The van der Waals surface area contributed by atoms with Crippen LogP contribution < -0.4 is 15.2 Å². The number of carbonyl (C=O) groups excluding carboxylic acids is 3. The Morgan fingerprint density at radius 1 is 1.00 bits per heavy atom. The van der Waals surface area contributed by atoms with Crippen LogP contribution in [0.4, 0.5) is 5.69 Å². The summed E-state index contributed by atoms with van der Waals surface area (Å²) in [4.78, 5) is 33.9. The number of aromatic carboxylic acids is 1. The molecule has 0 saturated heterocycles. The van der Waals surface area contributed by atoms with Gasteiger partial charge in [-0.3, -0.25) is 9.59 Å². The monoisotopic (exact) mass is 298 g/mol. The third kappa shape index (κ3) is 3.69. The Morgan fingerprint density at radius 3 is 2.23 bits per heavy atom. The summed E-state index contributed by atoms with van der Waals surface area (Å²) in [6, 6.07) is 11.8. The molecular weight excluding hydrogens is 286 g/mol. The summed E-state index contributed by atoms with van der Waals surface area (Å²) >= 11 is 0. The molecule has 2 aromatic rings. The zero-order valence-electron chi connectivity index (χ0n) is 11.7. The van der Waals surface area contributed by atoms with Crippen LogP contribution in [0.2, 0.25) is 0 Å². The Balaban J connectivity index is 2.16. The minimum Gasteiger partial charge on any atom is -0.545 e. The van der Waals surface area contributed by atoms with Gasteiger partial charge in [0.1, 0.15) is 5.75 Å². The fraction of sp³-hybridized carbons (Fsp3) is 0.0625. The first-order valence-electron chi connectivity index (χ1n) is 6.37. The Bertz CT molecular complexity index is 722. The molecule has 1 N–H and O–H groups in total. The van der Waals surface area contributed by atoms with Crippen LogP contribution in [0.25, 0.3) is 0 Å². The van der Waals surface area contributed by atoms with Gasteiger partial charge < -0.3 is 20.0 Å². The maximum absolute atomic E-state index is 12.1. The molecule has 1 amide bonds. The number of para-hydroxylation sites is 1. The number of carbonyl (C=O) groups is 3.